The van der Waals surface area contributed by atoms with Crippen LogP contribution >= 0.6 is 0 Å². The molecular formula is C25H31F2N3O2. The van der Waals surface area contributed by atoms with Crippen molar-refractivity contribution in [3.8, 4) is 5.75 Å². The quantitative estimate of drug-likeness (QED) is 0.664. The molecule has 5 nitrogen and oxygen atoms in total. The van der Waals surface area contributed by atoms with Gasteiger partial charge >= 0.3 is 6.03 Å². The Morgan fingerprint density at radius 1 is 1.12 bits per heavy atom. The third kappa shape index (κ3) is 5.57. The first-order chi connectivity index (χ1) is 15.4. The number of hydrogen-bond donors (Lipinski definition) is 1. The highest BCUT2D eigenvalue weighted by Crippen LogP contribution is 2.30. The highest BCUT2D eigenvalue weighted by molar-refractivity contribution is 5.75. The van der Waals surface area contributed by atoms with Crippen molar-refractivity contribution < 1.29 is 18.3 Å². The Labute approximate surface area is 188 Å². The van der Waals surface area contributed by atoms with Crippen LogP contribution in [0.15, 0.2) is 42.5 Å². The molecule has 2 aliphatic rings. The maximum absolute atomic E-state index is 14.5. The van der Waals surface area contributed by atoms with Crippen LogP contribution in [0.2, 0.25) is 0 Å². The molecular weight excluding hydrogens is 412 g/mol. The molecule has 172 valence electrons. The highest BCUT2D eigenvalue weighted by atomic mass is 19.1. The summed E-state index contributed by atoms with van der Waals surface area (Å²) in [6.07, 6.45) is 4.18. The van der Waals surface area contributed by atoms with Gasteiger partial charge in [0.25, 0.3) is 0 Å². The minimum atomic E-state index is -0.630. The number of piperidine rings is 1. The van der Waals surface area contributed by atoms with E-state index in [-0.39, 0.29) is 12.1 Å². The zero-order valence-electron chi connectivity index (χ0n) is 18.7. The number of amides is 2. The van der Waals surface area contributed by atoms with Gasteiger partial charge in [0.05, 0.1) is 12.1 Å². The zero-order valence-corrected chi connectivity index (χ0v) is 18.7. The smallest absolute Gasteiger partial charge is 0.318 e. The lowest BCUT2D eigenvalue weighted by atomic mass is 9.98. The summed E-state index contributed by atoms with van der Waals surface area (Å²) in [6, 6.07) is 10.5. The van der Waals surface area contributed by atoms with Gasteiger partial charge in [0.15, 0.2) is 0 Å². The molecule has 2 fully saturated rings. The van der Waals surface area contributed by atoms with Gasteiger partial charge in [0, 0.05) is 24.2 Å². The molecule has 1 atom stereocenters. The van der Waals surface area contributed by atoms with E-state index in [1.165, 1.54) is 12.1 Å². The average molecular weight is 444 g/mol. The Kier molecular flexibility index (Phi) is 6.94. The number of carbonyl (C=O) groups excluding carboxylic acids is 1. The Morgan fingerprint density at radius 3 is 2.44 bits per heavy atom. The molecule has 1 saturated carbocycles. The molecule has 2 aromatic rings. The third-order valence-electron chi connectivity index (χ3n) is 6.34. The fourth-order valence-corrected chi connectivity index (χ4v) is 4.25. The van der Waals surface area contributed by atoms with Crippen LogP contribution in [0.25, 0.3) is 0 Å². The van der Waals surface area contributed by atoms with Crippen LogP contribution in [-0.2, 0) is 6.54 Å². The molecule has 0 bridgehead atoms. The lowest BCUT2D eigenvalue weighted by Crippen LogP contribution is -2.51. The Hall–Kier alpha value is -2.67. The van der Waals surface area contributed by atoms with E-state index in [1.807, 2.05) is 24.3 Å². The monoisotopic (exact) mass is 443 g/mol. The number of urea groups is 1. The van der Waals surface area contributed by atoms with Crippen LogP contribution in [-0.4, -0.2) is 48.1 Å². The van der Waals surface area contributed by atoms with E-state index in [0.29, 0.717) is 18.2 Å². The molecule has 1 aliphatic carbocycles. The molecule has 1 saturated heterocycles. The topological polar surface area (TPSA) is 44.8 Å². The zero-order chi connectivity index (χ0) is 22.7. The number of nitrogens with one attached hydrogen (secondary N) is 1. The molecule has 0 aromatic heterocycles. The molecule has 7 heteroatoms. The number of carbonyl (C=O) groups is 1. The lowest BCUT2D eigenvalue weighted by Gasteiger charge is -2.40. The van der Waals surface area contributed by atoms with Crippen molar-refractivity contribution in [1.29, 1.82) is 0 Å². The van der Waals surface area contributed by atoms with Gasteiger partial charge in [-0.25, -0.2) is 13.6 Å². The summed E-state index contributed by atoms with van der Waals surface area (Å²) < 4.78 is 33.7. The number of rotatable bonds is 7. The minimum Gasteiger partial charge on any atom is -0.490 e. The predicted molar refractivity (Wildman–Crippen MR) is 119 cm³/mol. The summed E-state index contributed by atoms with van der Waals surface area (Å²) in [5.41, 5.74) is 1.28. The Morgan fingerprint density at radius 2 is 1.81 bits per heavy atom. The van der Waals surface area contributed by atoms with Crippen LogP contribution in [0.5, 0.6) is 5.75 Å². The van der Waals surface area contributed by atoms with Crippen molar-refractivity contribution in [2.45, 2.75) is 57.3 Å². The predicted octanol–water partition coefficient (Wildman–Crippen LogP) is 4.87. The second-order valence-electron chi connectivity index (χ2n) is 8.90. The molecule has 1 N–H and O–H groups in total. The van der Waals surface area contributed by atoms with Gasteiger partial charge in [-0.2, -0.15) is 0 Å². The highest BCUT2D eigenvalue weighted by Gasteiger charge is 2.32. The second kappa shape index (κ2) is 9.86. The molecule has 1 aliphatic heterocycles. The number of likely N-dealkylation sites (tertiary alicyclic amines) is 1. The van der Waals surface area contributed by atoms with E-state index < -0.39 is 17.7 Å². The van der Waals surface area contributed by atoms with Crippen molar-refractivity contribution in [2.75, 3.05) is 20.1 Å². The SMILES string of the molecule is CC(c1ccc(F)cc1F)N(C(=O)NCc1ccc(OC2CC2)cc1)C1CCN(C)CC1. The first-order valence-electron chi connectivity index (χ1n) is 11.4. The first kappa shape index (κ1) is 22.5. The van der Waals surface area contributed by atoms with Gasteiger partial charge in [-0.15, -0.1) is 0 Å². The third-order valence-corrected chi connectivity index (χ3v) is 6.34. The number of ether oxygens (including phenoxy) is 1. The summed E-state index contributed by atoms with van der Waals surface area (Å²) in [7, 11) is 2.06. The molecule has 32 heavy (non-hydrogen) atoms. The van der Waals surface area contributed by atoms with E-state index in [2.05, 4.69) is 17.3 Å². The Balaban J connectivity index is 1.46. The van der Waals surface area contributed by atoms with Gasteiger partial charge in [0.1, 0.15) is 17.4 Å². The average Bonchev–Trinajstić information content (AvgIpc) is 3.59. The fraction of sp³-hybridized carbons (Fsp3) is 0.480. The molecule has 4 rings (SSSR count). The molecule has 2 amide bonds. The molecule has 0 spiro atoms. The van der Waals surface area contributed by atoms with Crippen molar-refractivity contribution in [1.82, 2.24) is 15.1 Å². The minimum absolute atomic E-state index is 0.0139. The molecule has 1 heterocycles. The van der Waals surface area contributed by atoms with Crippen LogP contribution in [0.4, 0.5) is 13.6 Å². The standard InChI is InChI=1S/C25H31F2N3O2/c1-17(23-10-5-19(26)15-24(23)27)30(20-11-13-29(2)14-12-20)25(31)28-16-18-3-6-21(7-4-18)32-22-8-9-22/h3-7,10,15,17,20,22H,8-9,11-14,16H2,1-2H3,(H,28,31). The largest absolute Gasteiger partial charge is 0.490 e. The van der Waals surface area contributed by atoms with Gasteiger partial charge < -0.3 is 19.9 Å². The van der Waals surface area contributed by atoms with Crippen molar-refractivity contribution in [3.05, 3.63) is 65.2 Å². The summed E-state index contributed by atoms with van der Waals surface area (Å²) in [6.45, 7) is 3.91. The molecule has 0 radical (unpaired) electrons. The Bertz CT molecular complexity index is 925. The molecule has 2 aromatic carbocycles. The normalized spacial score (nSPS) is 18.2. The number of hydrogen-bond acceptors (Lipinski definition) is 3. The van der Waals surface area contributed by atoms with Gasteiger partial charge in [0.2, 0.25) is 0 Å². The maximum Gasteiger partial charge on any atom is 0.318 e. The molecule has 1 unspecified atom stereocenters. The second-order valence-corrected chi connectivity index (χ2v) is 8.90. The number of halogens is 2. The van der Waals surface area contributed by atoms with Crippen LogP contribution in [0, 0.1) is 11.6 Å². The van der Waals surface area contributed by atoms with Gasteiger partial charge in [-0.1, -0.05) is 18.2 Å². The van der Waals surface area contributed by atoms with E-state index in [0.717, 1.165) is 56.2 Å². The van der Waals surface area contributed by atoms with Gasteiger partial charge in [-0.3, -0.25) is 0 Å². The van der Waals surface area contributed by atoms with E-state index in [1.54, 1.807) is 11.8 Å². The lowest BCUT2D eigenvalue weighted by molar-refractivity contribution is 0.106. The summed E-state index contributed by atoms with van der Waals surface area (Å²) >= 11 is 0. The summed E-state index contributed by atoms with van der Waals surface area (Å²) in [5, 5.41) is 3.00. The van der Waals surface area contributed by atoms with Gasteiger partial charge in [-0.05, 0) is 76.5 Å². The van der Waals surface area contributed by atoms with Crippen LogP contribution < -0.4 is 10.1 Å². The van der Waals surface area contributed by atoms with Crippen molar-refractivity contribution in [3.63, 3.8) is 0 Å². The van der Waals surface area contributed by atoms with Crippen LogP contribution in [0.3, 0.4) is 0 Å². The maximum atomic E-state index is 14.5. The van der Waals surface area contributed by atoms with Crippen molar-refractivity contribution >= 4 is 6.03 Å². The first-order valence-corrected chi connectivity index (χ1v) is 11.4. The van der Waals surface area contributed by atoms with Crippen molar-refractivity contribution in [2.24, 2.45) is 0 Å². The van der Waals surface area contributed by atoms with E-state index in [4.69, 9.17) is 4.74 Å². The van der Waals surface area contributed by atoms with Crippen LogP contribution in [0.1, 0.15) is 49.8 Å². The van der Waals surface area contributed by atoms with E-state index in [9.17, 15) is 13.6 Å². The van der Waals surface area contributed by atoms with E-state index >= 15 is 0 Å². The number of nitrogens with zero attached hydrogens (tertiary/aromatic N) is 2. The summed E-state index contributed by atoms with van der Waals surface area (Å²) in [5.74, 6) is -0.409. The fourth-order valence-electron chi connectivity index (χ4n) is 4.25. The summed E-state index contributed by atoms with van der Waals surface area (Å²) in [4.78, 5) is 17.2. The number of benzene rings is 2.